The van der Waals surface area contributed by atoms with Gasteiger partial charge >= 0.3 is 6.36 Å². The first-order valence-electron chi connectivity index (χ1n) is 8.94. The molecule has 1 N–H and O–H groups in total. The number of hydrogen-bond acceptors (Lipinski definition) is 3. The lowest BCUT2D eigenvalue weighted by atomic mass is 9.97. The zero-order chi connectivity index (χ0) is 21.8. The van der Waals surface area contributed by atoms with Crippen molar-refractivity contribution >= 4 is 15.7 Å². The monoisotopic (exact) mass is 427 g/mol. The van der Waals surface area contributed by atoms with Gasteiger partial charge in [0.05, 0.1) is 5.75 Å². The van der Waals surface area contributed by atoms with E-state index >= 15 is 0 Å². The van der Waals surface area contributed by atoms with Crippen LogP contribution in [0.15, 0.2) is 48.6 Å². The number of ether oxygens (including phenoxy) is 1. The normalized spacial score (nSPS) is 11.9. The number of nitrogens with one attached hydrogen (secondary N) is 1. The summed E-state index contributed by atoms with van der Waals surface area (Å²) in [5, 5.41) is 0. The predicted molar refractivity (Wildman–Crippen MR) is 108 cm³/mol. The lowest BCUT2D eigenvalue weighted by Gasteiger charge is -2.14. The van der Waals surface area contributed by atoms with Gasteiger partial charge in [0.2, 0.25) is 10.0 Å². The maximum Gasteiger partial charge on any atom is 0.573 e. The SMILES string of the molecule is C=C(C)CCc1cc(NS(=O)(=O)Cc2ccc(OC(F)(F)F)cc2)cc(C)c1C. The zero-order valence-electron chi connectivity index (χ0n) is 16.6. The lowest BCUT2D eigenvalue weighted by molar-refractivity contribution is -0.274. The molecule has 158 valence electrons. The standard InChI is InChI=1S/C21H24F3NO3S/c1-14(2)5-8-18-12-19(11-15(3)16(18)4)25-29(26,27)13-17-6-9-20(10-7-17)28-21(22,23)24/h6-7,9-12,25H,1,5,8,13H2,2-4H3. The summed E-state index contributed by atoms with van der Waals surface area (Å²) in [4.78, 5) is 0. The first-order chi connectivity index (χ1) is 13.3. The summed E-state index contributed by atoms with van der Waals surface area (Å²) in [6.07, 6.45) is -3.22. The number of allylic oxidation sites excluding steroid dienone is 1. The number of benzene rings is 2. The molecule has 0 bridgehead atoms. The van der Waals surface area contributed by atoms with E-state index in [4.69, 9.17) is 0 Å². The Labute approximate surface area is 169 Å². The van der Waals surface area contributed by atoms with E-state index in [1.54, 1.807) is 6.07 Å². The number of sulfonamides is 1. The smallest absolute Gasteiger partial charge is 0.406 e. The molecule has 2 aromatic carbocycles. The number of rotatable bonds is 8. The van der Waals surface area contributed by atoms with Gasteiger partial charge in [0.1, 0.15) is 5.75 Å². The fraction of sp³-hybridized carbons (Fsp3) is 0.333. The van der Waals surface area contributed by atoms with Gasteiger partial charge in [-0.15, -0.1) is 19.8 Å². The number of anilines is 1. The van der Waals surface area contributed by atoms with Crippen molar-refractivity contribution in [2.75, 3.05) is 4.72 Å². The van der Waals surface area contributed by atoms with Crippen LogP contribution in [0.1, 0.15) is 35.6 Å². The highest BCUT2D eigenvalue weighted by molar-refractivity contribution is 7.91. The topological polar surface area (TPSA) is 55.4 Å². The number of alkyl halides is 3. The van der Waals surface area contributed by atoms with Gasteiger partial charge in [0, 0.05) is 5.69 Å². The molecule has 29 heavy (non-hydrogen) atoms. The van der Waals surface area contributed by atoms with E-state index in [0.717, 1.165) is 47.2 Å². The van der Waals surface area contributed by atoms with Crippen molar-refractivity contribution in [3.8, 4) is 5.75 Å². The van der Waals surface area contributed by atoms with Crippen LogP contribution in [-0.2, 0) is 22.2 Å². The summed E-state index contributed by atoms with van der Waals surface area (Å²) in [7, 11) is -3.74. The van der Waals surface area contributed by atoms with Gasteiger partial charge in [0.25, 0.3) is 0 Å². The fourth-order valence-corrected chi connectivity index (χ4v) is 4.00. The molecule has 0 saturated carbocycles. The molecule has 0 fully saturated rings. The Morgan fingerprint density at radius 1 is 1.14 bits per heavy atom. The summed E-state index contributed by atoms with van der Waals surface area (Å²) < 4.78 is 68.0. The van der Waals surface area contributed by atoms with Crippen molar-refractivity contribution in [3.05, 3.63) is 70.8 Å². The van der Waals surface area contributed by atoms with E-state index in [-0.39, 0.29) is 5.75 Å². The van der Waals surface area contributed by atoms with Crippen LogP contribution >= 0.6 is 0 Å². The Kier molecular flexibility index (Phi) is 7.00. The van der Waals surface area contributed by atoms with E-state index in [9.17, 15) is 21.6 Å². The molecule has 2 aromatic rings. The van der Waals surface area contributed by atoms with Crippen LogP contribution in [0.5, 0.6) is 5.75 Å². The third-order valence-electron chi connectivity index (χ3n) is 4.38. The first-order valence-corrected chi connectivity index (χ1v) is 10.6. The number of halogens is 3. The summed E-state index contributed by atoms with van der Waals surface area (Å²) in [6.45, 7) is 9.74. The van der Waals surface area contributed by atoms with Gasteiger partial charge in [-0.25, -0.2) is 8.42 Å². The minimum absolute atomic E-state index is 0.346. The van der Waals surface area contributed by atoms with Crippen LogP contribution in [0.25, 0.3) is 0 Å². The molecule has 0 aromatic heterocycles. The van der Waals surface area contributed by atoms with Gasteiger partial charge in [0.15, 0.2) is 0 Å². The van der Waals surface area contributed by atoms with Crippen molar-refractivity contribution in [1.82, 2.24) is 0 Å². The van der Waals surface area contributed by atoms with Gasteiger partial charge in [-0.3, -0.25) is 4.72 Å². The maximum absolute atomic E-state index is 12.5. The highest BCUT2D eigenvalue weighted by Crippen LogP contribution is 2.25. The molecule has 8 heteroatoms. The van der Waals surface area contributed by atoms with Crippen LogP contribution in [-0.4, -0.2) is 14.8 Å². The Balaban J connectivity index is 2.13. The average molecular weight is 427 g/mol. The molecule has 0 radical (unpaired) electrons. The summed E-state index contributed by atoms with van der Waals surface area (Å²) in [6, 6.07) is 8.33. The van der Waals surface area contributed by atoms with Crippen molar-refractivity contribution in [1.29, 1.82) is 0 Å². The molecule has 0 aliphatic rings. The molecule has 0 unspecified atom stereocenters. The Morgan fingerprint density at radius 3 is 2.31 bits per heavy atom. The molecule has 0 spiro atoms. The van der Waals surface area contributed by atoms with Crippen LogP contribution in [0, 0.1) is 13.8 Å². The van der Waals surface area contributed by atoms with E-state index < -0.39 is 22.1 Å². The van der Waals surface area contributed by atoms with Gasteiger partial charge < -0.3 is 4.74 Å². The van der Waals surface area contributed by atoms with Crippen LogP contribution < -0.4 is 9.46 Å². The second-order valence-corrected chi connectivity index (χ2v) is 8.81. The quantitative estimate of drug-likeness (QED) is 0.554. The molecular formula is C21H24F3NO3S. The van der Waals surface area contributed by atoms with Crippen LogP contribution in [0.3, 0.4) is 0 Å². The maximum atomic E-state index is 12.5. The summed E-state index contributed by atoms with van der Waals surface area (Å²) in [5.41, 5.74) is 4.97. The molecule has 0 atom stereocenters. The average Bonchev–Trinajstić information content (AvgIpc) is 2.56. The third-order valence-corrected chi connectivity index (χ3v) is 5.64. The molecule has 0 aliphatic heterocycles. The minimum atomic E-state index is -4.79. The second-order valence-electron chi connectivity index (χ2n) is 7.09. The van der Waals surface area contributed by atoms with Crippen LogP contribution in [0.2, 0.25) is 0 Å². The van der Waals surface area contributed by atoms with Crippen LogP contribution in [0.4, 0.5) is 18.9 Å². The van der Waals surface area contributed by atoms with E-state index in [1.165, 1.54) is 12.1 Å². The van der Waals surface area contributed by atoms with Crippen molar-refractivity contribution in [3.63, 3.8) is 0 Å². The van der Waals surface area contributed by atoms with Gasteiger partial charge in [-0.05, 0) is 80.1 Å². The van der Waals surface area contributed by atoms with Gasteiger partial charge in [-0.1, -0.05) is 17.7 Å². The number of hydrogen-bond donors (Lipinski definition) is 1. The minimum Gasteiger partial charge on any atom is -0.406 e. The highest BCUT2D eigenvalue weighted by atomic mass is 32.2. The predicted octanol–water partition coefficient (Wildman–Crippen LogP) is 5.65. The largest absolute Gasteiger partial charge is 0.573 e. The molecule has 0 saturated heterocycles. The van der Waals surface area contributed by atoms with Crippen molar-refractivity contribution in [2.45, 2.75) is 45.7 Å². The molecule has 0 amide bonds. The highest BCUT2D eigenvalue weighted by Gasteiger charge is 2.31. The third kappa shape index (κ3) is 7.45. The fourth-order valence-electron chi connectivity index (χ4n) is 2.82. The Morgan fingerprint density at radius 2 is 1.76 bits per heavy atom. The second kappa shape index (κ2) is 8.90. The first kappa shape index (κ1) is 22.8. The van der Waals surface area contributed by atoms with E-state index in [0.29, 0.717) is 11.3 Å². The van der Waals surface area contributed by atoms with Crippen molar-refractivity contribution < 1.29 is 26.3 Å². The molecule has 2 rings (SSSR count). The zero-order valence-corrected chi connectivity index (χ0v) is 17.4. The van der Waals surface area contributed by atoms with E-state index in [1.807, 2.05) is 26.8 Å². The van der Waals surface area contributed by atoms with E-state index in [2.05, 4.69) is 16.0 Å². The molecule has 0 heterocycles. The van der Waals surface area contributed by atoms with Crippen molar-refractivity contribution in [2.24, 2.45) is 0 Å². The number of aryl methyl sites for hydroxylation is 2. The van der Waals surface area contributed by atoms with Gasteiger partial charge in [-0.2, -0.15) is 0 Å². The molecule has 0 aliphatic carbocycles. The summed E-state index contributed by atoms with van der Waals surface area (Å²) >= 11 is 0. The Bertz CT molecular complexity index is 981. The molecule has 4 nitrogen and oxygen atoms in total. The lowest BCUT2D eigenvalue weighted by Crippen LogP contribution is -2.17. The summed E-state index contributed by atoms with van der Waals surface area (Å²) in [5.74, 6) is -0.768. The Hall–Kier alpha value is -2.48. The molecular weight excluding hydrogens is 403 g/mol.